The van der Waals surface area contributed by atoms with Crippen LogP contribution in [0.3, 0.4) is 0 Å². The highest BCUT2D eigenvalue weighted by Gasteiger charge is 2.03. The molecule has 0 aromatic rings. The van der Waals surface area contributed by atoms with Crippen molar-refractivity contribution in [1.82, 2.24) is 5.32 Å². The molecule has 4 heteroatoms. The van der Waals surface area contributed by atoms with Gasteiger partial charge in [-0.3, -0.25) is 4.79 Å². The zero-order valence-electron chi connectivity index (χ0n) is 6.71. The average Bonchev–Trinajstić information content (AvgIpc) is 2.01. The van der Waals surface area contributed by atoms with E-state index in [9.17, 15) is 4.79 Å². The number of carbonyl (C=O) groups excluding carboxylic acids is 1. The quantitative estimate of drug-likeness (QED) is 0.497. The normalized spacial score (nSPS) is 12.6. The van der Waals surface area contributed by atoms with E-state index in [0.717, 1.165) is 6.42 Å². The fourth-order valence-corrected chi connectivity index (χ4v) is 0.612. The Morgan fingerprint density at radius 1 is 1.64 bits per heavy atom. The van der Waals surface area contributed by atoms with E-state index in [1.165, 1.54) is 0 Å². The Morgan fingerprint density at radius 2 is 2.27 bits per heavy atom. The van der Waals surface area contributed by atoms with E-state index in [4.69, 9.17) is 10.2 Å². The van der Waals surface area contributed by atoms with Crippen molar-refractivity contribution in [3.63, 3.8) is 0 Å². The van der Waals surface area contributed by atoms with Crippen molar-refractivity contribution in [3.8, 4) is 0 Å². The van der Waals surface area contributed by atoms with Gasteiger partial charge in [0.1, 0.15) is 0 Å². The highest BCUT2D eigenvalue weighted by Crippen LogP contribution is 1.85. The molecule has 0 aromatic heterocycles. The minimum atomic E-state index is -0.837. The van der Waals surface area contributed by atoms with Crippen LogP contribution < -0.4 is 5.32 Å². The summed E-state index contributed by atoms with van der Waals surface area (Å²) in [6, 6.07) is 0. The van der Waals surface area contributed by atoms with E-state index in [0.29, 0.717) is 6.42 Å². The number of nitrogens with one attached hydrogen (secondary N) is 1. The molecule has 0 aromatic carbocycles. The Labute approximate surface area is 66.2 Å². The summed E-state index contributed by atoms with van der Waals surface area (Å²) in [6.07, 6.45) is 0.426. The Balaban J connectivity index is 3.30. The summed E-state index contributed by atoms with van der Waals surface area (Å²) < 4.78 is 0. The lowest BCUT2D eigenvalue weighted by molar-refractivity contribution is -0.121. The van der Waals surface area contributed by atoms with Gasteiger partial charge in [0.15, 0.2) is 0 Å². The summed E-state index contributed by atoms with van der Waals surface area (Å²) >= 11 is 0. The van der Waals surface area contributed by atoms with Gasteiger partial charge in [0.05, 0.1) is 12.7 Å². The van der Waals surface area contributed by atoms with Crippen LogP contribution in [0.5, 0.6) is 0 Å². The van der Waals surface area contributed by atoms with Gasteiger partial charge in [-0.1, -0.05) is 6.92 Å². The van der Waals surface area contributed by atoms with E-state index in [1.807, 2.05) is 6.92 Å². The zero-order chi connectivity index (χ0) is 8.69. The van der Waals surface area contributed by atoms with Gasteiger partial charge in [-0.25, -0.2) is 0 Å². The summed E-state index contributed by atoms with van der Waals surface area (Å²) in [5, 5.41) is 19.7. The van der Waals surface area contributed by atoms with Gasteiger partial charge in [-0.2, -0.15) is 0 Å². The molecule has 0 radical (unpaired) electrons. The van der Waals surface area contributed by atoms with Crippen molar-refractivity contribution in [2.24, 2.45) is 0 Å². The molecule has 0 spiro atoms. The fraction of sp³-hybridized carbons (Fsp3) is 0.857. The Hall–Kier alpha value is -0.610. The molecule has 1 amide bonds. The highest BCUT2D eigenvalue weighted by molar-refractivity contribution is 5.75. The molecule has 0 bridgehead atoms. The first kappa shape index (κ1) is 10.4. The first-order valence-corrected chi connectivity index (χ1v) is 3.76. The number of rotatable bonds is 5. The van der Waals surface area contributed by atoms with Gasteiger partial charge in [-0.05, 0) is 6.42 Å². The lowest BCUT2D eigenvalue weighted by Gasteiger charge is -2.07. The van der Waals surface area contributed by atoms with Crippen LogP contribution in [0, 0.1) is 0 Å². The lowest BCUT2D eigenvalue weighted by atomic mass is 10.3. The van der Waals surface area contributed by atoms with Crippen LogP contribution in [0.4, 0.5) is 0 Å². The van der Waals surface area contributed by atoms with Gasteiger partial charge in [-0.15, -0.1) is 0 Å². The van der Waals surface area contributed by atoms with Crippen LogP contribution in [0.2, 0.25) is 0 Å². The van der Waals surface area contributed by atoms with E-state index in [-0.39, 0.29) is 19.1 Å². The Kier molecular flexibility index (Phi) is 5.78. The molecule has 0 heterocycles. The van der Waals surface area contributed by atoms with Gasteiger partial charge < -0.3 is 15.5 Å². The molecular formula is C7H15NO3. The maximum Gasteiger partial charge on any atom is 0.220 e. The van der Waals surface area contributed by atoms with Crippen molar-refractivity contribution in [3.05, 3.63) is 0 Å². The van der Waals surface area contributed by atoms with Gasteiger partial charge in [0.25, 0.3) is 0 Å². The summed E-state index contributed by atoms with van der Waals surface area (Å²) in [7, 11) is 0. The molecule has 1 atom stereocenters. The second-order valence-corrected chi connectivity index (χ2v) is 2.39. The topological polar surface area (TPSA) is 69.6 Å². The van der Waals surface area contributed by atoms with E-state index < -0.39 is 6.10 Å². The molecule has 3 N–H and O–H groups in total. The molecule has 0 saturated heterocycles. The van der Waals surface area contributed by atoms with Crippen LogP contribution in [0.25, 0.3) is 0 Å². The predicted octanol–water partition coefficient (Wildman–Crippen LogP) is -0.744. The molecule has 11 heavy (non-hydrogen) atoms. The van der Waals surface area contributed by atoms with Crippen LogP contribution in [0.15, 0.2) is 0 Å². The minimum Gasteiger partial charge on any atom is -0.394 e. The smallest absolute Gasteiger partial charge is 0.220 e. The van der Waals surface area contributed by atoms with Crippen LogP contribution in [0.1, 0.15) is 19.8 Å². The minimum absolute atomic E-state index is 0.0833. The Bertz CT molecular complexity index is 116. The number of aliphatic hydroxyl groups is 2. The Morgan fingerprint density at radius 3 is 2.73 bits per heavy atom. The third-order valence-corrected chi connectivity index (χ3v) is 1.22. The fourth-order valence-electron chi connectivity index (χ4n) is 0.612. The summed E-state index contributed by atoms with van der Waals surface area (Å²) in [4.78, 5) is 10.8. The molecule has 66 valence electrons. The number of hydrogen-bond acceptors (Lipinski definition) is 3. The summed E-state index contributed by atoms with van der Waals surface area (Å²) in [5.41, 5.74) is 0. The molecule has 0 rings (SSSR count). The van der Waals surface area contributed by atoms with Crippen LogP contribution in [-0.4, -0.2) is 35.4 Å². The standard InChI is InChI=1S/C7H15NO3/c1-2-3-7(11)8-4-6(10)5-9/h6,9-10H,2-5H2,1H3,(H,8,11)/t6-/m1/s1. The zero-order valence-corrected chi connectivity index (χ0v) is 6.71. The third kappa shape index (κ3) is 5.82. The van der Waals surface area contributed by atoms with Crippen LogP contribution >= 0.6 is 0 Å². The predicted molar refractivity (Wildman–Crippen MR) is 41.0 cm³/mol. The first-order chi connectivity index (χ1) is 5.20. The second-order valence-electron chi connectivity index (χ2n) is 2.39. The van der Waals surface area contributed by atoms with Crippen molar-refractivity contribution >= 4 is 5.91 Å². The van der Waals surface area contributed by atoms with E-state index >= 15 is 0 Å². The van der Waals surface area contributed by atoms with Gasteiger partial charge >= 0.3 is 0 Å². The van der Waals surface area contributed by atoms with Gasteiger partial charge in [0.2, 0.25) is 5.91 Å². The molecule has 0 aliphatic heterocycles. The highest BCUT2D eigenvalue weighted by atomic mass is 16.3. The average molecular weight is 161 g/mol. The first-order valence-electron chi connectivity index (χ1n) is 3.76. The van der Waals surface area contributed by atoms with Crippen molar-refractivity contribution in [1.29, 1.82) is 0 Å². The number of carbonyl (C=O) groups is 1. The molecule has 0 saturated carbocycles. The maximum absolute atomic E-state index is 10.8. The number of hydrogen-bond donors (Lipinski definition) is 3. The van der Waals surface area contributed by atoms with Gasteiger partial charge in [0, 0.05) is 13.0 Å². The molecule has 0 aliphatic carbocycles. The maximum atomic E-state index is 10.8. The SMILES string of the molecule is CCCC(=O)NC[C@@H](O)CO. The summed E-state index contributed by atoms with van der Waals surface area (Å²) in [5.74, 6) is -0.0833. The lowest BCUT2D eigenvalue weighted by Crippen LogP contribution is -2.33. The van der Waals surface area contributed by atoms with Crippen LogP contribution in [-0.2, 0) is 4.79 Å². The molecule has 0 fully saturated rings. The third-order valence-electron chi connectivity index (χ3n) is 1.22. The number of amides is 1. The van der Waals surface area contributed by atoms with Crippen molar-refractivity contribution in [2.75, 3.05) is 13.2 Å². The van der Waals surface area contributed by atoms with Crippen molar-refractivity contribution in [2.45, 2.75) is 25.9 Å². The number of aliphatic hydroxyl groups excluding tert-OH is 2. The molecule has 0 unspecified atom stereocenters. The molecule has 0 aliphatic rings. The summed E-state index contributed by atoms with van der Waals surface area (Å²) in [6.45, 7) is 1.73. The molecule has 4 nitrogen and oxygen atoms in total. The van der Waals surface area contributed by atoms with E-state index in [1.54, 1.807) is 0 Å². The van der Waals surface area contributed by atoms with E-state index in [2.05, 4.69) is 5.32 Å². The second kappa shape index (κ2) is 6.12. The largest absolute Gasteiger partial charge is 0.394 e. The molecular weight excluding hydrogens is 146 g/mol. The van der Waals surface area contributed by atoms with Crippen molar-refractivity contribution < 1.29 is 15.0 Å². The monoisotopic (exact) mass is 161 g/mol.